The van der Waals surface area contributed by atoms with Crippen molar-refractivity contribution in [3.63, 3.8) is 0 Å². The van der Waals surface area contributed by atoms with E-state index in [1.54, 1.807) is 32.4 Å². The molecule has 0 radical (unpaired) electrons. The van der Waals surface area contributed by atoms with Gasteiger partial charge in [0.15, 0.2) is 0 Å². The minimum absolute atomic E-state index is 0.0269. The van der Waals surface area contributed by atoms with Gasteiger partial charge in [0.25, 0.3) is 5.91 Å². The number of amides is 1. The van der Waals surface area contributed by atoms with Crippen LogP contribution in [0.3, 0.4) is 0 Å². The molecule has 0 aliphatic carbocycles. The third-order valence-corrected chi connectivity index (χ3v) is 10.2. The van der Waals surface area contributed by atoms with Gasteiger partial charge in [0.05, 0.1) is 25.6 Å². The summed E-state index contributed by atoms with van der Waals surface area (Å²) in [5.41, 5.74) is 8.17. The summed E-state index contributed by atoms with van der Waals surface area (Å²) in [6.45, 7) is 11.8. The van der Waals surface area contributed by atoms with Crippen LogP contribution in [0.2, 0.25) is 0 Å². The SMILES string of the molecule is COc1cc(OC(C(=O)Nc2cccc(-c3ccc(OC(C)C4CCCN4)cc3OC)n2)N2C(C)(C)CCCC2(C)C)ccc1-c1cccc(N)n1. The number of likely N-dealkylation sites (tertiary alicyclic amines) is 1. The summed E-state index contributed by atoms with van der Waals surface area (Å²) >= 11 is 0. The molecule has 11 nitrogen and oxygen atoms in total. The van der Waals surface area contributed by atoms with Crippen LogP contribution >= 0.6 is 0 Å². The summed E-state index contributed by atoms with van der Waals surface area (Å²) in [6, 6.07) is 22.6. The number of hydrogen-bond acceptors (Lipinski definition) is 10. The van der Waals surface area contributed by atoms with Gasteiger partial charge in [-0.3, -0.25) is 9.69 Å². The first-order chi connectivity index (χ1) is 24.9. The van der Waals surface area contributed by atoms with E-state index in [1.807, 2.05) is 54.6 Å². The van der Waals surface area contributed by atoms with Crippen LogP contribution in [0.15, 0.2) is 72.8 Å². The molecule has 4 N–H and O–H groups in total. The zero-order valence-electron chi connectivity index (χ0n) is 31.4. The normalized spacial score (nSPS) is 19.3. The summed E-state index contributed by atoms with van der Waals surface area (Å²) in [5, 5.41) is 6.59. The predicted octanol–water partition coefficient (Wildman–Crippen LogP) is 7.32. The molecule has 2 fully saturated rings. The molecule has 2 aliphatic rings. The summed E-state index contributed by atoms with van der Waals surface area (Å²) in [7, 11) is 3.23. The number of ether oxygens (including phenoxy) is 4. The van der Waals surface area contributed by atoms with Gasteiger partial charge in [-0.2, -0.15) is 0 Å². The quantitative estimate of drug-likeness (QED) is 0.138. The molecule has 0 spiro atoms. The van der Waals surface area contributed by atoms with Crippen LogP contribution in [-0.2, 0) is 4.79 Å². The number of piperidine rings is 1. The molecule has 4 heterocycles. The topological polar surface area (TPSA) is 133 Å². The van der Waals surface area contributed by atoms with Crippen molar-refractivity contribution in [2.75, 3.05) is 31.8 Å². The Morgan fingerprint density at radius 1 is 0.846 bits per heavy atom. The van der Waals surface area contributed by atoms with Crippen molar-refractivity contribution in [3.05, 3.63) is 72.8 Å². The molecule has 0 bridgehead atoms. The first-order valence-corrected chi connectivity index (χ1v) is 18.1. The molecule has 1 amide bonds. The number of hydrogen-bond donors (Lipinski definition) is 3. The number of nitrogens with zero attached hydrogens (tertiary/aromatic N) is 3. The number of nitrogens with two attached hydrogens (primary N) is 1. The third kappa shape index (κ3) is 8.11. The van der Waals surface area contributed by atoms with Gasteiger partial charge in [0.2, 0.25) is 6.23 Å². The second-order valence-corrected chi connectivity index (χ2v) is 14.9. The molecule has 52 heavy (non-hydrogen) atoms. The summed E-state index contributed by atoms with van der Waals surface area (Å²) in [5.74, 6) is 2.86. The van der Waals surface area contributed by atoms with Gasteiger partial charge in [0.1, 0.15) is 40.7 Å². The van der Waals surface area contributed by atoms with E-state index in [4.69, 9.17) is 29.7 Å². The molecule has 4 aromatic rings. The van der Waals surface area contributed by atoms with Crippen molar-refractivity contribution in [2.45, 2.75) is 96.2 Å². The van der Waals surface area contributed by atoms with Crippen LogP contribution in [0, 0.1) is 0 Å². The van der Waals surface area contributed by atoms with E-state index < -0.39 is 6.23 Å². The van der Waals surface area contributed by atoms with Crippen LogP contribution in [0.25, 0.3) is 22.5 Å². The van der Waals surface area contributed by atoms with Crippen LogP contribution in [0.5, 0.6) is 23.0 Å². The highest BCUT2D eigenvalue weighted by Crippen LogP contribution is 2.42. The van der Waals surface area contributed by atoms with E-state index in [2.05, 4.69) is 55.1 Å². The number of aromatic nitrogens is 2. The van der Waals surface area contributed by atoms with Gasteiger partial charge in [-0.15, -0.1) is 0 Å². The minimum Gasteiger partial charge on any atom is -0.496 e. The maximum atomic E-state index is 14.5. The Labute approximate surface area is 307 Å². The molecule has 0 saturated carbocycles. The molecule has 2 aromatic carbocycles. The fourth-order valence-electron chi connectivity index (χ4n) is 7.77. The lowest BCUT2D eigenvalue weighted by atomic mass is 9.79. The van der Waals surface area contributed by atoms with E-state index in [-0.39, 0.29) is 23.1 Å². The minimum atomic E-state index is -0.987. The lowest BCUT2D eigenvalue weighted by Crippen LogP contribution is -2.66. The van der Waals surface area contributed by atoms with Gasteiger partial charge < -0.3 is 35.3 Å². The van der Waals surface area contributed by atoms with Crippen molar-refractivity contribution in [1.82, 2.24) is 20.2 Å². The Morgan fingerprint density at radius 2 is 1.44 bits per heavy atom. The Hall–Kier alpha value is -4.87. The zero-order valence-corrected chi connectivity index (χ0v) is 31.4. The van der Waals surface area contributed by atoms with Gasteiger partial charge in [-0.1, -0.05) is 12.1 Å². The second-order valence-electron chi connectivity index (χ2n) is 14.9. The number of nitrogen functional groups attached to an aromatic ring is 1. The summed E-state index contributed by atoms with van der Waals surface area (Å²) in [4.78, 5) is 26.0. The van der Waals surface area contributed by atoms with E-state index >= 15 is 0 Å². The van der Waals surface area contributed by atoms with Crippen LogP contribution in [0.4, 0.5) is 11.6 Å². The molecule has 2 aromatic heterocycles. The van der Waals surface area contributed by atoms with E-state index in [0.717, 1.165) is 55.5 Å². The van der Waals surface area contributed by atoms with Gasteiger partial charge in [-0.25, -0.2) is 9.97 Å². The Balaban J connectivity index is 1.28. The van der Waals surface area contributed by atoms with Crippen LogP contribution < -0.4 is 35.3 Å². The molecule has 2 saturated heterocycles. The molecule has 2 aliphatic heterocycles. The lowest BCUT2D eigenvalue weighted by Gasteiger charge is -2.54. The van der Waals surface area contributed by atoms with E-state index in [9.17, 15) is 4.79 Å². The number of methoxy groups -OCH3 is 2. The molecule has 6 rings (SSSR count). The van der Waals surface area contributed by atoms with Crippen molar-refractivity contribution in [1.29, 1.82) is 0 Å². The van der Waals surface area contributed by atoms with Crippen molar-refractivity contribution in [2.24, 2.45) is 0 Å². The maximum absolute atomic E-state index is 14.5. The van der Waals surface area contributed by atoms with E-state index in [1.165, 1.54) is 0 Å². The fraction of sp³-hybridized carbons (Fsp3) is 0.439. The number of anilines is 2. The maximum Gasteiger partial charge on any atom is 0.282 e. The fourth-order valence-corrected chi connectivity index (χ4v) is 7.77. The number of pyridine rings is 2. The Kier molecular flexibility index (Phi) is 10.9. The average molecular weight is 709 g/mol. The molecular weight excluding hydrogens is 656 g/mol. The number of carbonyl (C=O) groups excluding carboxylic acids is 1. The second kappa shape index (κ2) is 15.4. The summed E-state index contributed by atoms with van der Waals surface area (Å²) in [6.07, 6.45) is 4.17. The highest BCUT2D eigenvalue weighted by atomic mass is 16.5. The molecular formula is C41H52N6O5. The first kappa shape index (κ1) is 36.9. The van der Waals surface area contributed by atoms with Crippen molar-refractivity contribution >= 4 is 17.5 Å². The Morgan fingerprint density at radius 3 is 2.02 bits per heavy atom. The number of rotatable bonds is 12. The Bertz CT molecular complexity index is 1860. The predicted molar refractivity (Wildman–Crippen MR) is 205 cm³/mol. The van der Waals surface area contributed by atoms with Gasteiger partial charge in [0, 0.05) is 40.4 Å². The zero-order chi connectivity index (χ0) is 37.0. The van der Waals surface area contributed by atoms with Crippen LogP contribution in [0.1, 0.15) is 66.7 Å². The number of benzene rings is 2. The molecule has 3 atom stereocenters. The average Bonchev–Trinajstić information content (AvgIpc) is 3.66. The number of nitrogens with one attached hydrogen (secondary N) is 2. The molecule has 3 unspecified atom stereocenters. The number of carbonyl (C=O) groups is 1. The van der Waals surface area contributed by atoms with Crippen molar-refractivity contribution < 1.29 is 23.7 Å². The smallest absolute Gasteiger partial charge is 0.282 e. The van der Waals surface area contributed by atoms with E-state index in [0.29, 0.717) is 46.3 Å². The lowest BCUT2D eigenvalue weighted by molar-refractivity contribution is -0.156. The highest BCUT2D eigenvalue weighted by molar-refractivity contribution is 5.94. The summed E-state index contributed by atoms with van der Waals surface area (Å²) < 4.78 is 24.5. The third-order valence-electron chi connectivity index (χ3n) is 10.2. The van der Waals surface area contributed by atoms with Gasteiger partial charge in [-0.05, 0) is 122 Å². The van der Waals surface area contributed by atoms with Crippen LogP contribution in [-0.4, -0.2) is 71.0 Å². The first-order valence-electron chi connectivity index (χ1n) is 18.1. The highest BCUT2D eigenvalue weighted by Gasteiger charge is 2.48. The van der Waals surface area contributed by atoms with Gasteiger partial charge >= 0.3 is 0 Å². The van der Waals surface area contributed by atoms with Crippen molar-refractivity contribution in [3.8, 4) is 45.5 Å². The molecule has 276 valence electrons. The molecule has 11 heteroatoms. The monoisotopic (exact) mass is 708 g/mol. The largest absolute Gasteiger partial charge is 0.496 e. The standard InChI is InChI=1S/C41H52N6O5/c1-26(31-14-10-23-43-31)51-27-17-19-30(34(24-27)49-6)33-13-9-16-37(45-33)46-38(48)39(47-40(2,3)21-11-22-41(47,4)5)52-28-18-20-29(35(25-28)50-7)32-12-8-15-36(42)44-32/h8-9,12-13,15-20,24-26,31,39,43H,10-11,14,21-23H2,1-7H3,(H2,42,44)(H,45,46,48).